The van der Waals surface area contributed by atoms with Gasteiger partial charge in [0, 0.05) is 41.7 Å². The largest absolute Gasteiger partial charge is 0.490 e. The van der Waals surface area contributed by atoms with Crippen LogP contribution in [0.15, 0.2) is 48.8 Å². The summed E-state index contributed by atoms with van der Waals surface area (Å²) < 4.78 is 14.6. The van der Waals surface area contributed by atoms with Crippen LogP contribution in [0.2, 0.25) is 5.02 Å². The van der Waals surface area contributed by atoms with Crippen LogP contribution in [0.5, 0.6) is 11.5 Å². The fraction of sp³-hybridized carbons (Fsp3) is 0.333. The predicted octanol–water partition coefficient (Wildman–Crippen LogP) is 5.80. The Bertz CT molecular complexity index is 1050. The zero-order chi connectivity index (χ0) is 23.8. The Kier molecular flexibility index (Phi) is 9.09. The molecule has 0 radical (unpaired) electrons. The molecule has 1 heterocycles. The highest BCUT2D eigenvalue weighted by molar-refractivity contribution is 7.99. The lowest BCUT2D eigenvalue weighted by Gasteiger charge is -2.28. The first-order valence-corrected chi connectivity index (χ1v) is 12.6. The summed E-state index contributed by atoms with van der Waals surface area (Å²) in [5.74, 6) is 2.33. The number of anilines is 1. The van der Waals surface area contributed by atoms with Gasteiger partial charge in [0.1, 0.15) is 24.7 Å². The van der Waals surface area contributed by atoms with Crippen molar-refractivity contribution >= 4 is 41.1 Å². The third-order valence-corrected chi connectivity index (χ3v) is 6.09. The molecule has 0 amide bonds. The predicted molar refractivity (Wildman–Crippen MR) is 138 cm³/mol. The number of ether oxygens (including phenoxy) is 2. The van der Waals surface area contributed by atoms with E-state index in [1.807, 2.05) is 24.5 Å². The standard InChI is InChI=1S/C24H28Cl2N4O2S/c1-24(2,19-10-17(12-27)22(21(26)11-19)31-9-8-25)18-4-6-20(7-5-18)32-15-16-13-28-23(29-14-16)30-33-3/h4-7,10-11,13-14H,8-9,12,15,27H2,1-3H3,(H,28,29,30). The summed E-state index contributed by atoms with van der Waals surface area (Å²) in [6.45, 7) is 5.39. The van der Waals surface area contributed by atoms with Crippen molar-refractivity contribution in [3.63, 3.8) is 0 Å². The number of benzene rings is 2. The third kappa shape index (κ3) is 6.44. The molecular formula is C24H28Cl2N4O2S. The molecule has 3 rings (SSSR count). The Balaban J connectivity index is 1.73. The first-order valence-electron chi connectivity index (χ1n) is 10.4. The van der Waals surface area contributed by atoms with Gasteiger partial charge in [-0.2, -0.15) is 0 Å². The van der Waals surface area contributed by atoms with E-state index >= 15 is 0 Å². The number of nitrogens with one attached hydrogen (secondary N) is 1. The van der Waals surface area contributed by atoms with E-state index in [0.29, 0.717) is 42.4 Å². The minimum atomic E-state index is -0.301. The molecule has 0 bridgehead atoms. The van der Waals surface area contributed by atoms with Crippen LogP contribution < -0.4 is 19.9 Å². The quantitative estimate of drug-likeness (QED) is 0.251. The van der Waals surface area contributed by atoms with Crippen molar-refractivity contribution in [1.29, 1.82) is 0 Å². The van der Waals surface area contributed by atoms with Crippen molar-refractivity contribution in [2.24, 2.45) is 5.73 Å². The molecule has 9 heteroatoms. The molecule has 0 aliphatic carbocycles. The van der Waals surface area contributed by atoms with Crippen LogP contribution >= 0.6 is 35.1 Å². The fourth-order valence-electron chi connectivity index (χ4n) is 3.34. The smallest absolute Gasteiger partial charge is 0.232 e. The number of halogens is 2. The second kappa shape index (κ2) is 11.8. The highest BCUT2D eigenvalue weighted by Gasteiger charge is 2.25. The van der Waals surface area contributed by atoms with E-state index < -0.39 is 0 Å². The highest BCUT2D eigenvalue weighted by Crippen LogP contribution is 2.38. The lowest BCUT2D eigenvalue weighted by molar-refractivity contribution is 0.305. The van der Waals surface area contributed by atoms with Gasteiger partial charge < -0.3 is 15.2 Å². The Labute approximate surface area is 209 Å². The minimum absolute atomic E-state index is 0.301. The normalized spacial score (nSPS) is 11.3. The van der Waals surface area contributed by atoms with Crippen molar-refractivity contribution in [2.45, 2.75) is 32.4 Å². The van der Waals surface area contributed by atoms with Gasteiger partial charge in [0.05, 0.1) is 10.9 Å². The molecule has 3 aromatic rings. The van der Waals surface area contributed by atoms with E-state index in [4.69, 9.17) is 38.4 Å². The molecule has 1 aromatic heterocycles. The van der Waals surface area contributed by atoms with Gasteiger partial charge in [-0.25, -0.2) is 9.97 Å². The van der Waals surface area contributed by atoms with Gasteiger partial charge in [-0.3, -0.25) is 4.72 Å². The van der Waals surface area contributed by atoms with E-state index in [9.17, 15) is 0 Å². The SMILES string of the molecule is CSNc1ncc(COc2ccc(C(C)(C)c3cc(Cl)c(OCCCl)c(CN)c3)cc2)cn1. The summed E-state index contributed by atoms with van der Waals surface area (Å²) >= 11 is 13.7. The van der Waals surface area contributed by atoms with Crippen molar-refractivity contribution in [1.82, 2.24) is 9.97 Å². The number of rotatable bonds is 11. The van der Waals surface area contributed by atoms with Crippen LogP contribution in [0.25, 0.3) is 0 Å². The molecule has 33 heavy (non-hydrogen) atoms. The van der Waals surface area contributed by atoms with Crippen LogP contribution in [0.3, 0.4) is 0 Å². The average Bonchev–Trinajstić information content (AvgIpc) is 2.83. The average molecular weight is 507 g/mol. The summed E-state index contributed by atoms with van der Waals surface area (Å²) in [6.07, 6.45) is 5.42. The van der Waals surface area contributed by atoms with Crippen molar-refractivity contribution < 1.29 is 9.47 Å². The zero-order valence-corrected chi connectivity index (χ0v) is 21.2. The molecule has 2 aromatic carbocycles. The molecule has 0 aliphatic heterocycles. The van der Waals surface area contributed by atoms with Crippen LogP contribution in [-0.4, -0.2) is 28.7 Å². The van der Waals surface area contributed by atoms with Crippen molar-refractivity contribution in [2.75, 3.05) is 23.5 Å². The summed E-state index contributed by atoms with van der Waals surface area (Å²) in [4.78, 5) is 8.49. The molecule has 0 atom stereocenters. The van der Waals surface area contributed by atoms with Gasteiger partial charge in [0.25, 0.3) is 0 Å². The number of nitrogens with two attached hydrogens (primary N) is 1. The van der Waals surface area contributed by atoms with Crippen LogP contribution in [0.1, 0.15) is 36.1 Å². The molecule has 6 nitrogen and oxygen atoms in total. The van der Waals surface area contributed by atoms with Crippen molar-refractivity contribution in [3.8, 4) is 11.5 Å². The topological polar surface area (TPSA) is 82.3 Å². The first-order chi connectivity index (χ1) is 15.9. The second-order valence-electron chi connectivity index (χ2n) is 7.85. The fourth-order valence-corrected chi connectivity index (χ4v) is 4.00. The van der Waals surface area contributed by atoms with E-state index in [0.717, 1.165) is 28.0 Å². The molecule has 0 fully saturated rings. The van der Waals surface area contributed by atoms with Gasteiger partial charge >= 0.3 is 0 Å². The summed E-state index contributed by atoms with van der Waals surface area (Å²) in [7, 11) is 0. The number of alkyl halides is 1. The highest BCUT2D eigenvalue weighted by atomic mass is 35.5. The molecule has 0 unspecified atom stereocenters. The summed E-state index contributed by atoms with van der Waals surface area (Å²) in [5.41, 5.74) is 9.59. The molecule has 176 valence electrons. The summed E-state index contributed by atoms with van der Waals surface area (Å²) in [6, 6.07) is 12.0. The Hall–Kier alpha value is -2.19. The second-order valence-corrected chi connectivity index (χ2v) is 9.24. The minimum Gasteiger partial charge on any atom is -0.490 e. The Morgan fingerprint density at radius 1 is 1.06 bits per heavy atom. The van der Waals surface area contributed by atoms with Gasteiger partial charge in [-0.05, 0) is 35.4 Å². The van der Waals surface area contributed by atoms with Gasteiger partial charge in [-0.1, -0.05) is 49.5 Å². The maximum Gasteiger partial charge on any atom is 0.232 e. The monoisotopic (exact) mass is 506 g/mol. The Morgan fingerprint density at radius 3 is 2.36 bits per heavy atom. The summed E-state index contributed by atoms with van der Waals surface area (Å²) in [5, 5.41) is 0.534. The first kappa shape index (κ1) is 25.4. The third-order valence-electron chi connectivity index (χ3n) is 5.27. The van der Waals surface area contributed by atoms with Crippen LogP contribution in [0.4, 0.5) is 5.95 Å². The van der Waals surface area contributed by atoms with Crippen LogP contribution in [0, 0.1) is 0 Å². The molecule has 0 saturated carbocycles. The maximum absolute atomic E-state index is 6.54. The van der Waals surface area contributed by atoms with E-state index in [1.54, 1.807) is 12.4 Å². The van der Waals surface area contributed by atoms with Gasteiger partial charge in [0.15, 0.2) is 0 Å². The maximum atomic E-state index is 6.54. The van der Waals surface area contributed by atoms with E-state index in [1.165, 1.54) is 11.9 Å². The number of hydrogen-bond acceptors (Lipinski definition) is 7. The van der Waals surface area contributed by atoms with Gasteiger partial charge in [0.2, 0.25) is 5.95 Å². The zero-order valence-electron chi connectivity index (χ0n) is 18.9. The van der Waals surface area contributed by atoms with Crippen molar-refractivity contribution in [3.05, 3.63) is 76.1 Å². The molecule has 0 aliphatic rings. The number of nitrogens with zero attached hydrogens (tertiary/aromatic N) is 2. The van der Waals surface area contributed by atoms with Crippen LogP contribution in [-0.2, 0) is 18.6 Å². The Morgan fingerprint density at radius 2 is 1.76 bits per heavy atom. The van der Waals surface area contributed by atoms with E-state index in [2.05, 4.69) is 46.7 Å². The molecule has 0 spiro atoms. The lowest BCUT2D eigenvalue weighted by atomic mass is 9.77. The number of aromatic nitrogens is 2. The lowest BCUT2D eigenvalue weighted by Crippen LogP contribution is -2.20. The van der Waals surface area contributed by atoms with Gasteiger partial charge in [-0.15, -0.1) is 11.6 Å². The number of hydrogen-bond donors (Lipinski definition) is 2. The molecular weight excluding hydrogens is 479 g/mol. The van der Waals surface area contributed by atoms with E-state index in [-0.39, 0.29) is 5.41 Å². The molecule has 0 saturated heterocycles. The molecule has 3 N–H and O–H groups in total.